The number of benzene rings is 1. The van der Waals surface area contributed by atoms with Crippen LogP contribution >= 0.6 is 0 Å². The largest absolute Gasteiger partial charge is 0.420 e. The molecule has 0 saturated carbocycles. The number of oxazole rings is 1. The van der Waals surface area contributed by atoms with Crippen molar-refractivity contribution < 1.29 is 22.4 Å². The first-order chi connectivity index (χ1) is 12.7. The highest BCUT2D eigenvalue weighted by atomic mass is 32.2. The Kier molecular flexibility index (Phi) is 5.41. The fraction of sp³-hybridized carbons (Fsp3) is 0.529. The van der Waals surface area contributed by atoms with Crippen LogP contribution in [0.3, 0.4) is 0 Å². The zero-order chi connectivity index (χ0) is 19.8. The second kappa shape index (κ2) is 7.45. The number of hydrogen-bond donors (Lipinski definition) is 0. The van der Waals surface area contributed by atoms with Gasteiger partial charge in [-0.05, 0) is 18.6 Å². The van der Waals surface area contributed by atoms with Crippen molar-refractivity contribution in [3.05, 3.63) is 28.7 Å². The molecule has 1 saturated heterocycles. The first kappa shape index (κ1) is 19.6. The molecule has 1 aromatic heterocycles. The number of ether oxygens (including phenoxy) is 1. The van der Waals surface area contributed by atoms with Gasteiger partial charge in [-0.3, -0.25) is 9.36 Å². The van der Waals surface area contributed by atoms with Crippen LogP contribution in [0.2, 0.25) is 0 Å². The minimum absolute atomic E-state index is 0.000635. The van der Waals surface area contributed by atoms with Crippen molar-refractivity contribution in [2.75, 3.05) is 33.8 Å². The summed E-state index contributed by atoms with van der Waals surface area (Å²) < 4.78 is 37.5. The van der Waals surface area contributed by atoms with Crippen molar-refractivity contribution in [3.8, 4) is 0 Å². The predicted octanol–water partition coefficient (Wildman–Crippen LogP) is 0.482. The van der Waals surface area contributed by atoms with Crippen molar-refractivity contribution in [2.45, 2.75) is 30.9 Å². The standard InChI is InChI=1S/C17H23N3O6S/c1-4-12-10-19(7-8-25-12)16(21)11-20-14-6-5-13(27(23,24)18(2)3)9-15(14)26-17(20)22/h5-6,9,12H,4,7-8,10-11H2,1-3H3. The first-order valence-corrected chi connectivity index (χ1v) is 10.1. The molecule has 1 fully saturated rings. The number of fused-ring (bicyclic) bond motifs is 1. The topological polar surface area (TPSA) is 102 Å². The Hall–Kier alpha value is -2.17. The average Bonchev–Trinajstić information content (AvgIpc) is 2.96. The zero-order valence-corrected chi connectivity index (χ0v) is 16.4. The monoisotopic (exact) mass is 397 g/mol. The van der Waals surface area contributed by atoms with Crippen molar-refractivity contribution in [3.63, 3.8) is 0 Å². The van der Waals surface area contributed by atoms with Crippen LogP contribution in [0.5, 0.6) is 0 Å². The van der Waals surface area contributed by atoms with Gasteiger partial charge in [0.1, 0.15) is 6.54 Å². The van der Waals surface area contributed by atoms with Gasteiger partial charge in [0.2, 0.25) is 15.9 Å². The van der Waals surface area contributed by atoms with Crippen LogP contribution in [0, 0.1) is 0 Å². The van der Waals surface area contributed by atoms with Gasteiger partial charge in [-0.25, -0.2) is 17.5 Å². The number of morpholine rings is 1. The van der Waals surface area contributed by atoms with Crippen LogP contribution < -0.4 is 5.76 Å². The number of amides is 1. The SMILES string of the molecule is CCC1CN(C(=O)Cn2c(=O)oc3cc(S(=O)(=O)N(C)C)ccc32)CCO1. The highest BCUT2D eigenvalue weighted by Crippen LogP contribution is 2.20. The van der Waals surface area contributed by atoms with Crippen molar-refractivity contribution >= 4 is 27.0 Å². The summed E-state index contributed by atoms with van der Waals surface area (Å²) in [5.74, 6) is -0.899. The third-order valence-corrected chi connectivity index (χ3v) is 6.47. The summed E-state index contributed by atoms with van der Waals surface area (Å²) in [6, 6.07) is 4.18. The number of carbonyl (C=O) groups excluding carboxylic acids is 1. The molecule has 1 atom stereocenters. The number of rotatable bonds is 5. The van der Waals surface area contributed by atoms with Gasteiger partial charge in [0.15, 0.2) is 5.58 Å². The van der Waals surface area contributed by atoms with E-state index in [0.717, 1.165) is 10.7 Å². The molecule has 1 amide bonds. The van der Waals surface area contributed by atoms with Crippen molar-refractivity contribution in [2.24, 2.45) is 0 Å². The van der Waals surface area contributed by atoms with Crippen molar-refractivity contribution in [1.82, 2.24) is 13.8 Å². The van der Waals surface area contributed by atoms with E-state index >= 15 is 0 Å². The first-order valence-electron chi connectivity index (χ1n) is 8.69. The highest BCUT2D eigenvalue weighted by molar-refractivity contribution is 7.89. The summed E-state index contributed by atoms with van der Waals surface area (Å²) in [5.41, 5.74) is 0.510. The molecule has 2 heterocycles. The molecule has 148 valence electrons. The summed E-state index contributed by atoms with van der Waals surface area (Å²) in [6.07, 6.45) is 0.806. The van der Waals surface area contributed by atoms with Gasteiger partial charge in [0, 0.05) is 33.3 Å². The third kappa shape index (κ3) is 3.78. The molecule has 3 rings (SSSR count). The number of nitrogens with zero attached hydrogens (tertiary/aromatic N) is 3. The molecule has 1 aliphatic rings. The molecule has 1 unspecified atom stereocenters. The van der Waals surface area contributed by atoms with E-state index in [2.05, 4.69) is 0 Å². The van der Waals surface area contributed by atoms with Crippen LogP contribution in [-0.4, -0.2) is 68.0 Å². The summed E-state index contributed by atoms with van der Waals surface area (Å²) in [5, 5.41) is 0. The minimum Gasteiger partial charge on any atom is -0.408 e. The lowest BCUT2D eigenvalue weighted by molar-refractivity contribution is -0.139. The summed E-state index contributed by atoms with van der Waals surface area (Å²) in [7, 11) is -0.804. The lowest BCUT2D eigenvalue weighted by Crippen LogP contribution is -2.47. The van der Waals surface area contributed by atoms with E-state index in [9.17, 15) is 18.0 Å². The molecule has 9 nitrogen and oxygen atoms in total. The Balaban J connectivity index is 1.88. The Morgan fingerprint density at radius 2 is 2.07 bits per heavy atom. The molecule has 2 aromatic rings. The number of sulfonamides is 1. The molecular formula is C17H23N3O6S. The molecule has 0 aliphatic carbocycles. The van der Waals surface area contributed by atoms with Crippen LogP contribution in [-0.2, 0) is 26.1 Å². The maximum atomic E-state index is 12.6. The second-order valence-electron chi connectivity index (χ2n) is 6.61. The highest BCUT2D eigenvalue weighted by Gasteiger charge is 2.25. The van der Waals surface area contributed by atoms with Gasteiger partial charge in [-0.1, -0.05) is 6.92 Å². The number of hydrogen-bond acceptors (Lipinski definition) is 6. The number of carbonyl (C=O) groups is 1. The van der Waals surface area contributed by atoms with Gasteiger partial charge in [0.25, 0.3) is 0 Å². The molecular weight excluding hydrogens is 374 g/mol. The normalized spacial score (nSPS) is 18.4. The predicted molar refractivity (Wildman–Crippen MR) is 98.0 cm³/mol. The maximum absolute atomic E-state index is 12.6. The molecule has 0 radical (unpaired) electrons. The zero-order valence-electron chi connectivity index (χ0n) is 15.5. The van der Waals surface area contributed by atoms with E-state index < -0.39 is 15.8 Å². The molecule has 1 aliphatic heterocycles. The molecule has 0 bridgehead atoms. The van der Waals surface area contributed by atoms with Gasteiger partial charge in [0.05, 0.1) is 23.1 Å². The minimum atomic E-state index is -3.65. The van der Waals surface area contributed by atoms with Crippen molar-refractivity contribution in [1.29, 1.82) is 0 Å². The summed E-state index contributed by atoms with van der Waals surface area (Å²) >= 11 is 0. The Morgan fingerprint density at radius 1 is 1.33 bits per heavy atom. The van der Waals surface area contributed by atoms with Crippen LogP contribution in [0.15, 0.2) is 32.3 Å². The lowest BCUT2D eigenvalue weighted by atomic mass is 10.2. The smallest absolute Gasteiger partial charge is 0.408 e. The third-order valence-electron chi connectivity index (χ3n) is 4.66. The van der Waals surface area contributed by atoms with E-state index in [1.54, 1.807) is 4.90 Å². The van der Waals surface area contributed by atoms with Crippen LogP contribution in [0.25, 0.3) is 11.1 Å². The van der Waals surface area contributed by atoms with Crippen LogP contribution in [0.4, 0.5) is 0 Å². The molecule has 10 heteroatoms. The van der Waals surface area contributed by atoms with E-state index in [1.807, 2.05) is 6.92 Å². The summed E-state index contributed by atoms with van der Waals surface area (Å²) in [4.78, 5) is 26.5. The van der Waals surface area contributed by atoms with Gasteiger partial charge >= 0.3 is 5.76 Å². The fourth-order valence-electron chi connectivity index (χ4n) is 3.00. The second-order valence-corrected chi connectivity index (χ2v) is 8.76. The fourth-order valence-corrected chi connectivity index (χ4v) is 3.91. The van der Waals surface area contributed by atoms with Gasteiger partial charge in [-0.15, -0.1) is 0 Å². The average molecular weight is 397 g/mol. The lowest BCUT2D eigenvalue weighted by Gasteiger charge is -2.32. The Morgan fingerprint density at radius 3 is 2.74 bits per heavy atom. The van der Waals surface area contributed by atoms with Gasteiger partial charge in [-0.2, -0.15) is 0 Å². The molecule has 27 heavy (non-hydrogen) atoms. The quantitative estimate of drug-likeness (QED) is 0.727. The van der Waals surface area contributed by atoms with E-state index in [1.165, 1.54) is 36.9 Å². The van der Waals surface area contributed by atoms with Crippen LogP contribution in [0.1, 0.15) is 13.3 Å². The van der Waals surface area contributed by atoms with Gasteiger partial charge < -0.3 is 14.1 Å². The Bertz CT molecular complexity index is 1010. The van der Waals surface area contributed by atoms with E-state index in [4.69, 9.17) is 9.15 Å². The maximum Gasteiger partial charge on any atom is 0.420 e. The van der Waals surface area contributed by atoms with E-state index in [-0.39, 0.29) is 29.0 Å². The molecule has 1 aromatic carbocycles. The number of aromatic nitrogens is 1. The molecule has 0 spiro atoms. The Labute approximate surface area is 157 Å². The summed E-state index contributed by atoms with van der Waals surface area (Å²) in [6.45, 7) is 3.27. The molecule has 0 N–H and O–H groups in total. The van der Waals surface area contributed by atoms with E-state index in [0.29, 0.717) is 25.2 Å².